The zero-order valence-electron chi connectivity index (χ0n) is 19.4. The second kappa shape index (κ2) is 9.38. The lowest BCUT2D eigenvalue weighted by Gasteiger charge is -2.30. The first-order valence-electron chi connectivity index (χ1n) is 11.5. The number of benzene rings is 3. The monoisotopic (exact) mass is 486 g/mol. The fraction of sp³-hybridized carbons (Fsp3) is 0.185. The number of nitrogens with one attached hydrogen (secondary N) is 1. The van der Waals surface area contributed by atoms with Crippen molar-refractivity contribution in [3.8, 4) is 0 Å². The Morgan fingerprint density at radius 2 is 1.80 bits per heavy atom. The highest BCUT2D eigenvalue weighted by Gasteiger charge is 2.29. The van der Waals surface area contributed by atoms with Gasteiger partial charge < -0.3 is 5.32 Å². The van der Waals surface area contributed by atoms with Crippen LogP contribution in [0.15, 0.2) is 90.0 Å². The molecule has 0 unspecified atom stereocenters. The minimum atomic E-state index is -3.81. The lowest BCUT2D eigenvalue weighted by atomic mass is 10.0. The molecule has 3 aromatic carbocycles. The van der Waals surface area contributed by atoms with Gasteiger partial charge in [0.05, 0.1) is 23.3 Å². The highest BCUT2D eigenvalue weighted by Crippen LogP contribution is 2.32. The number of amides is 1. The second-order valence-corrected chi connectivity index (χ2v) is 10.5. The zero-order valence-corrected chi connectivity index (χ0v) is 20.2. The van der Waals surface area contributed by atoms with E-state index in [0.29, 0.717) is 24.6 Å². The molecule has 0 bridgehead atoms. The topological polar surface area (TPSA) is 84.3 Å². The summed E-state index contributed by atoms with van der Waals surface area (Å²) in [5.74, 6) is 0.139. The number of carbonyl (C=O) groups is 1. The maximum atomic E-state index is 13.5. The number of nitrogens with zero attached hydrogens (tertiary/aromatic N) is 3. The molecule has 0 spiro atoms. The third-order valence-corrected chi connectivity index (χ3v) is 7.97. The number of rotatable bonds is 6. The maximum Gasteiger partial charge on any atom is 0.264 e. The Kier molecular flexibility index (Phi) is 6.13. The molecule has 0 saturated carbocycles. The van der Waals surface area contributed by atoms with Gasteiger partial charge in [-0.05, 0) is 55.2 Å². The van der Waals surface area contributed by atoms with E-state index in [-0.39, 0.29) is 10.5 Å². The molecule has 178 valence electrons. The van der Waals surface area contributed by atoms with Crippen LogP contribution in [0, 0.1) is 6.92 Å². The van der Waals surface area contributed by atoms with E-state index in [0.717, 1.165) is 24.0 Å². The van der Waals surface area contributed by atoms with Gasteiger partial charge in [0, 0.05) is 18.2 Å². The van der Waals surface area contributed by atoms with Crippen LogP contribution in [0.1, 0.15) is 33.5 Å². The molecule has 0 fully saturated rings. The largest absolute Gasteiger partial charge is 0.307 e. The second-order valence-electron chi connectivity index (χ2n) is 8.65. The van der Waals surface area contributed by atoms with Gasteiger partial charge in [-0.15, -0.1) is 0 Å². The summed E-state index contributed by atoms with van der Waals surface area (Å²) in [6.07, 6.45) is 3.22. The van der Waals surface area contributed by atoms with Crippen molar-refractivity contribution < 1.29 is 13.2 Å². The SMILES string of the molecule is Cc1ccc(Cn2nccc2NC(=O)c2cccc(S(=O)(=O)N3CCCc4ccccc43)c2)cc1. The van der Waals surface area contributed by atoms with Gasteiger partial charge in [0.25, 0.3) is 15.9 Å². The smallest absolute Gasteiger partial charge is 0.264 e. The van der Waals surface area contributed by atoms with E-state index in [2.05, 4.69) is 10.4 Å². The normalized spacial score (nSPS) is 13.3. The first kappa shape index (κ1) is 22.9. The van der Waals surface area contributed by atoms with Crippen LogP contribution in [0.4, 0.5) is 11.5 Å². The lowest BCUT2D eigenvalue weighted by Crippen LogP contribution is -2.35. The number of carbonyl (C=O) groups excluding carboxylic acids is 1. The molecule has 1 amide bonds. The van der Waals surface area contributed by atoms with Crippen molar-refractivity contribution >= 4 is 27.4 Å². The standard InChI is InChI=1S/C27H26N4O3S/c1-20-11-13-21(14-12-20)19-30-26(15-16-28-30)29-27(32)23-7-4-9-24(18-23)35(33,34)31-17-5-8-22-6-2-3-10-25(22)31/h2-4,6-7,9-16,18H,5,8,17,19H2,1H3,(H,29,32). The average molecular weight is 487 g/mol. The quantitative estimate of drug-likeness (QED) is 0.431. The number of fused-ring (bicyclic) bond motifs is 1. The van der Waals surface area contributed by atoms with Crippen molar-refractivity contribution in [3.05, 3.63) is 107 Å². The van der Waals surface area contributed by atoms with Crippen molar-refractivity contribution in [3.63, 3.8) is 0 Å². The van der Waals surface area contributed by atoms with Crippen LogP contribution in [0.2, 0.25) is 0 Å². The average Bonchev–Trinajstić information content (AvgIpc) is 3.31. The number of aromatic nitrogens is 2. The fourth-order valence-corrected chi connectivity index (χ4v) is 5.88. The molecule has 4 aromatic rings. The highest BCUT2D eigenvalue weighted by molar-refractivity contribution is 7.92. The van der Waals surface area contributed by atoms with Crippen LogP contribution >= 0.6 is 0 Å². The molecule has 1 aromatic heterocycles. The molecule has 7 nitrogen and oxygen atoms in total. The summed E-state index contributed by atoms with van der Waals surface area (Å²) in [5, 5.41) is 7.18. The summed E-state index contributed by atoms with van der Waals surface area (Å²) in [7, 11) is -3.81. The van der Waals surface area contributed by atoms with E-state index in [1.54, 1.807) is 29.1 Å². The first-order valence-corrected chi connectivity index (χ1v) is 13.0. The zero-order chi connectivity index (χ0) is 24.4. The first-order chi connectivity index (χ1) is 16.9. The number of anilines is 2. The minimum Gasteiger partial charge on any atom is -0.307 e. The molecule has 5 rings (SSSR count). The predicted octanol–water partition coefficient (Wildman–Crippen LogP) is 4.63. The van der Waals surface area contributed by atoms with Gasteiger partial charge in [0.15, 0.2) is 0 Å². The molecule has 0 saturated heterocycles. The molecular formula is C27H26N4O3S. The van der Waals surface area contributed by atoms with Gasteiger partial charge in [-0.3, -0.25) is 9.10 Å². The lowest BCUT2D eigenvalue weighted by molar-refractivity contribution is 0.102. The maximum absolute atomic E-state index is 13.5. The molecule has 1 N–H and O–H groups in total. The highest BCUT2D eigenvalue weighted by atomic mass is 32.2. The van der Waals surface area contributed by atoms with Crippen molar-refractivity contribution in [1.29, 1.82) is 0 Å². The van der Waals surface area contributed by atoms with Crippen LogP contribution in [-0.2, 0) is 23.0 Å². The van der Waals surface area contributed by atoms with E-state index in [1.165, 1.54) is 22.0 Å². The van der Waals surface area contributed by atoms with E-state index in [9.17, 15) is 13.2 Å². The molecule has 1 aliphatic rings. The molecule has 8 heteroatoms. The van der Waals surface area contributed by atoms with Gasteiger partial charge in [0.1, 0.15) is 5.82 Å². The van der Waals surface area contributed by atoms with Gasteiger partial charge >= 0.3 is 0 Å². The van der Waals surface area contributed by atoms with Gasteiger partial charge in [0.2, 0.25) is 0 Å². The van der Waals surface area contributed by atoms with Crippen molar-refractivity contribution in [2.75, 3.05) is 16.2 Å². The third-order valence-electron chi connectivity index (χ3n) is 6.16. The van der Waals surface area contributed by atoms with Gasteiger partial charge in [-0.25, -0.2) is 13.1 Å². The number of sulfonamides is 1. The van der Waals surface area contributed by atoms with E-state index in [1.807, 2.05) is 55.5 Å². The minimum absolute atomic E-state index is 0.0926. The number of hydrogen-bond acceptors (Lipinski definition) is 4. The van der Waals surface area contributed by atoms with Crippen molar-refractivity contribution in [2.24, 2.45) is 0 Å². The van der Waals surface area contributed by atoms with Crippen molar-refractivity contribution in [1.82, 2.24) is 9.78 Å². The molecular weight excluding hydrogens is 460 g/mol. The van der Waals surface area contributed by atoms with E-state index in [4.69, 9.17) is 0 Å². The third kappa shape index (κ3) is 4.70. The number of hydrogen-bond donors (Lipinski definition) is 1. The summed E-state index contributed by atoms with van der Waals surface area (Å²) < 4.78 is 30.2. The number of para-hydroxylation sites is 1. The molecule has 35 heavy (non-hydrogen) atoms. The Morgan fingerprint density at radius 1 is 1.00 bits per heavy atom. The molecule has 2 heterocycles. The number of aryl methyl sites for hydroxylation is 2. The summed E-state index contributed by atoms with van der Waals surface area (Å²) in [6.45, 7) is 2.95. The molecule has 1 aliphatic heterocycles. The van der Waals surface area contributed by atoms with Gasteiger partial charge in [-0.2, -0.15) is 5.10 Å². The Morgan fingerprint density at radius 3 is 2.63 bits per heavy atom. The Balaban J connectivity index is 1.37. The Labute approximate surface area is 205 Å². The summed E-state index contributed by atoms with van der Waals surface area (Å²) >= 11 is 0. The van der Waals surface area contributed by atoms with Crippen LogP contribution < -0.4 is 9.62 Å². The summed E-state index contributed by atoms with van der Waals surface area (Å²) in [6, 6.07) is 23.6. The predicted molar refractivity (Wildman–Crippen MR) is 136 cm³/mol. The van der Waals surface area contributed by atoms with E-state index < -0.39 is 15.9 Å². The summed E-state index contributed by atoms with van der Waals surface area (Å²) in [5.41, 5.74) is 4.21. The fourth-order valence-electron chi connectivity index (χ4n) is 4.29. The summed E-state index contributed by atoms with van der Waals surface area (Å²) in [4.78, 5) is 13.1. The van der Waals surface area contributed by atoms with Crippen LogP contribution in [0.3, 0.4) is 0 Å². The Bertz CT molecular complexity index is 1480. The van der Waals surface area contributed by atoms with E-state index >= 15 is 0 Å². The molecule has 0 aliphatic carbocycles. The van der Waals surface area contributed by atoms with Crippen molar-refractivity contribution in [2.45, 2.75) is 31.2 Å². The Hall–Kier alpha value is -3.91. The van der Waals surface area contributed by atoms with Gasteiger partial charge in [-0.1, -0.05) is 54.1 Å². The van der Waals surface area contributed by atoms with Crippen LogP contribution in [0.25, 0.3) is 0 Å². The van der Waals surface area contributed by atoms with Crippen LogP contribution in [-0.4, -0.2) is 30.7 Å². The molecule has 0 atom stereocenters. The van der Waals surface area contributed by atoms with Crippen LogP contribution in [0.5, 0.6) is 0 Å². The molecule has 0 radical (unpaired) electrons.